The molecule has 2 aromatic rings. The normalized spacial score (nSPS) is 21.0. The first kappa shape index (κ1) is 14.6. The van der Waals surface area contributed by atoms with Crippen molar-refractivity contribution in [3.8, 4) is 5.75 Å². The molecule has 3 rings (SSSR count). The van der Waals surface area contributed by atoms with Crippen molar-refractivity contribution in [3.63, 3.8) is 0 Å². The van der Waals surface area contributed by atoms with Crippen molar-refractivity contribution >= 4 is 5.91 Å². The molecule has 22 heavy (non-hydrogen) atoms. The van der Waals surface area contributed by atoms with E-state index in [1.165, 1.54) is 0 Å². The Hall–Kier alpha value is -2.35. The van der Waals surface area contributed by atoms with Crippen LogP contribution in [0.5, 0.6) is 5.75 Å². The number of nitrogens with zero attached hydrogens (tertiary/aromatic N) is 3. The highest BCUT2D eigenvalue weighted by Crippen LogP contribution is 2.18. The molecule has 0 saturated carbocycles. The van der Waals surface area contributed by atoms with Gasteiger partial charge in [-0.2, -0.15) is 5.10 Å². The summed E-state index contributed by atoms with van der Waals surface area (Å²) in [4.78, 5) is 12.4. The van der Waals surface area contributed by atoms with Gasteiger partial charge in [0.1, 0.15) is 17.4 Å². The molecule has 2 atom stereocenters. The van der Waals surface area contributed by atoms with Crippen LogP contribution < -0.4 is 10.1 Å². The molecule has 0 radical (unpaired) electrons. The second kappa shape index (κ2) is 5.80. The Morgan fingerprint density at radius 2 is 2.27 bits per heavy atom. The molecule has 1 aliphatic heterocycles. The monoisotopic (exact) mass is 306 g/mol. The first-order chi connectivity index (χ1) is 10.5. The van der Waals surface area contributed by atoms with Gasteiger partial charge in [-0.05, 0) is 13.8 Å². The van der Waals surface area contributed by atoms with E-state index < -0.39 is 0 Å². The smallest absolute Gasteiger partial charge is 0.257 e. The average Bonchev–Trinajstić information content (AvgIpc) is 3.14. The molecule has 1 amide bonds. The van der Waals surface area contributed by atoms with Crippen LogP contribution in [0.15, 0.2) is 16.9 Å². The Balaban J connectivity index is 1.67. The fourth-order valence-corrected chi connectivity index (χ4v) is 2.47. The van der Waals surface area contributed by atoms with Crippen LogP contribution in [0.4, 0.5) is 0 Å². The summed E-state index contributed by atoms with van der Waals surface area (Å²) in [6.45, 7) is 4.27. The molecule has 2 aromatic heterocycles. The SMILES string of the molecule is Cc1noc(C)c1C(=O)N[C@H]1COC[C@H]1Oc1cnn(C)c1. The lowest BCUT2D eigenvalue weighted by molar-refractivity contribution is 0.0902. The standard InChI is InChI=1S/C14H18N4O4/c1-8-13(9(2)22-17-8)14(19)16-11-6-20-7-12(11)21-10-4-15-18(3)5-10/h4-5,11-12H,6-7H2,1-3H3,(H,16,19)/t11-,12+/m0/s1. The summed E-state index contributed by atoms with van der Waals surface area (Å²) < 4.78 is 17.9. The van der Waals surface area contributed by atoms with E-state index in [1.807, 2.05) is 7.05 Å². The van der Waals surface area contributed by atoms with Crippen molar-refractivity contribution in [1.82, 2.24) is 20.3 Å². The zero-order valence-electron chi connectivity index (χ0n) is 12.7. The molecule has 3 heterocycles. The molecule has 1 saturated heterocycles. The van der Waals surface area contributed by atoms with E-state index in [2.05, 4.69) is 15.6 Å². The highest BCUT2D eigenvalue weighted by molar-refractivity contribution is 5.96. The number of carbonyl (C=O) groups excluding carboxylic acids is 1. The highest BCUT2D eigenvalue weighted by atomic mass is 16.5. The fourth-order valence-electron chi connectivity index (χ4n) is 2.47. The molecule has 0 aliphatic carbocycles. The molecule has 0 bridgehead atoms. The number of hydrogen-bond acceptors (Lipinski definition) is 6. The van der Waals surface area contributed by atoms with Crippen LogP contribution in [0.1, 0.15) is 21.8 Å². The fraction of sp³-hybridized carbons (Fsp3) is 0.500. The van der Waals surface area contributed by atoms with Gasteiger partial charge in [-0.25, -0.2) is 0 Å². The van der Waals surface area contributed by atoms with Crippen molar-refractivity contribution in [2.24, 2.45) is 7.05 Å². The topological polar surface area (TPSA) is 91.4 Å². The summed E-state index contributed by atoms with van der Waals surface area (Å²) in [5.41, 5.74) is 1.03. The van der Waals surface area contributed by atoms with Crippen LogP contribution in [0.3, 0.4) is 0 Å². The lowest BCUT2D eigenvalue weighted by atomic mass is 10.1. The zero-order chi connectivity index (χ0) is 15.7. The van der Waals surface area contributed by atoms with Crippen LogP contribution in [-0.4, -0.2) is 46.2 Å². The van der Waals surface area contributed by atoms with Crippen LogP contribution >= 0.6 is 0 Å². The van der Waals surface area contributed by atoms with Crippen molar-refractivity contribution in [1.29, 1.82) is 0 Å². The average molecular weight is 306 g/mol. The number of amides is 1. The summed E-state index contributed by atoms with van der Waals surface area (Å²) in [6, 6.07) is -0.235. The Bertz CT molecular complexity index is 659. The van der Waals surface area contributed by atoms with Gasteiger partial charge in [0, 0.05) is 7.05 Å². The minimum absolute atomic E-state index is 0.230. The second-order valence-electron chi connectivity index (χ2n) is 5.32. The lowest BCUT2D eigenvalue weighted by Crippen LogP contribution is -2.45. The van der Waals surface area contributed by atoms with Gasteiger partial charge in [0.2, 0.25) is 0 Å². The van der Waals surface area contributed by atoms with E-state index in [0.717, 1.165) is 0 Å². The summed E-state index contributed by atoms with van der Waals surface area (Å²) in [5, 5.41) is 10.8. The number of nitrogens with one attached hydrogen (secondary N) is 1. The van der Waals surface area contributed by atoms with E-state index >= 15 is 0 Å². The molecular weight excluding hydrogens is 288 g/mol. The van der Waals surface area contributed by atoms with Crippen molar-refractivity contribution in [2.75, 3.05) is 13.2 Å². The van der Waals surface area contributed by atoms with Crippen molar-refractivity contribution < 1.29 is 18.8 Å². The highest BCUT2D eigenvalue weighted by Gasteiger charge is 2.33. The van der Waals surface area contributed by atoms with Crippen LogP contribution in [0, 0.1) is 13.8 Å². The molecule has 0 unspecified atom stereocenters. The van der Waals surface area contributed by atoms with E-state index in [-0.39, 0.29) is 18.1 Å². The number of aromatic nitrogens is 3. The molecule has 0 aromatic carbocycles. The van der Waals surface area contributed by atoms with Gasteiger partial charge in [-0.1, -0.05) is 5.16 Å². The number of carbonyl (C=O) groups is 1. The minimum Gasteiger partial charge on any atom is -0.482 e. The summed E-state index contributed by atoms with van der Waals surface area (Å²) >= 11 is 0. The van der Waals surface area contributed by atoms with Gasteiger partial charge < -0.3 is 19.3 Å². The third-order valence-corrected chi connectivity index (χ3v) is 3.57. The summed E-state index contributed by atoms with van der Waals surface area (Å²) in [7, 11) is 1.81. The van der Waals surface area contributed by atoms with E-state index in [0.29, 0.717) is 36.0 Å². The molecule has 118 valence electrons. The molecule has 1 N–H and O–H groups in total. The third-order valence-electron chi connectivity index (χ3n) is 3.57. The van der Waals surface area contributed by atoms with Gasteiger partial charge in [0.15, 0.2) is 5.75 Å². The van der Waals surface area contributed by atoms with Gasteiger partial charge >= 0.3 is 0 Å². The maximum atomic E-state index is 12.4. The quantitative estimate of drug-likeness (QED) is 0.889. The first-order valence-electron chi connectivity index (χ1n) is 7.01. The maximum absolute atomic E-state index is 12.4. The first-order valence-corrected chi connectivity index (χ1v) is 7.01. The Labute approximate surface area is 127 Å². The van der Waals surface area contributed by atoms with Crippen molar-refractivity contribution in [2.45, 2.75) is 26.0 Å². The van der Waals surface area contributed by atoms with Crippen LogP contribution in [0.2, 0.25) is 0 Å². The van der Waals surface area contributed by atoms with Crippen LogP contribution in [-0.2, 0) is 11.8 Å². The van der Waals surface area contributed by atoms with Gasteiger partial charge in [-0.15, -0.1) is 0 Å². The third kappa shape index (κ3) is 2.82. The van der Waals surface area contributed by atoms with Crippen molar-refractivity contribution in [3.05, 3.63) is 29.4 Å². The maximum Gasteiger partial charge on any atom is 0.257 e. The van der Waals surface area contributed by atoms with Gasteiger partial charge in [0.25, 0.3) is 5.91 Å². The molecule has 8 nitrogen and oxygen atoms in total. The largest absolute Gasteiger partial charge is 0.482 e. The Morgan fingerprint density at radius 1 is 1.45 bits per heavy atom. The minimum atomic E-state index is -0.256. The molecule has 1 fully saturated rings. The number of ether oxygens (including phenoxy) is 2. The molecule has 0 spiro atoms. The summed E-state index contributed by atoms with van der Waals surface area (Å²) in [6.07, 6.45) is 3.14. The zero-order valence-corrected chi connectivity index (χ0v) is 12.7. The van der Waals surface area contributed by atoms with Gasteiger partial charge in [0.05, 0.1) is 37.3 Å². The Morgan fingerprint density at radius 3 is 2.91 bits per heavy atom. The van der Waals surface area contributed by atoms with E-state index in [1.54, 1.807) is 30.9 Å². The molecule has 8 heteroatoms. The van der Waals surface area contributed by atoms with E-state index in [4.69, 9.17) is 14.0 Å². The second-order valence-corrected chi connectivity index (χ2v) is 5.32. The lowest BCUT2D eigenvalue weighted by Gasteiger charge is -2.19. The number of hydrogen-bond donors (Lipinski definition) is 1. The molecule has 1 aliphatic rings. The van der Waals surface area contributed by atoms with Gasteiger partial charge in [-0.3, -0.25) is 9.48 Å². The predicted molar refractivity (Wildman–Crippen MR) is 75.7 cm³/mol. The molecular formula is C14H18N4O4. The Kier molecular flexibility index (Phi) is 3.84. The summed E-state index contributed by atoms with van der Waals surface area (Å²) in [5.74, 6) is 0.916. The number of rotatable bonds is 4. The predicted octanol–water partition coefficient (Wildman–Crippen LogP) is 0.601. The van der Waals surface area contributed by atoms with E-state index in [9.17, 15) is 4.79 Å². The number of aryl methyl sites for hydroxylation is 3. The van der Waals surface area contributed by atoms with Crippen LogP contribution in [0.25, 0.3) is 0 Å².